The number of hydrogen-bond donors (Lipinski definition) is 0. The summed E-state index contributed by atoms with van der Waals surface area (Å²) in [5.74, 6) is 1.07. The van der Waals surface area contributed by atoms with Crippen LogP contribution in [0.3, 0.4) is 0 Å². The highest BCUT2D eigenvalue weighted by Gasteiger charge is 2.19. The number of likely N-dealkylation sites (N-methyl/N-ethyl adjacent to an activating group) is 1. The second-order valence-corrected chi connectivity index (χ2v) is 5.10. The molecule has 108 valence electrons. The molecule has 0 aromatic heterocycles. The van der Waals surface area contributed by atoms with Gasteiger partial charge in [-0.25, -0.2) is 0 Å². The van der Waals surface area contributed by atoms with Crippen LogP contribution in [0.2, 0.25) is 0 Å². The maximum absolute atomic E-state index is 11.9. The molecule has 1 amide bonds. The van der Waals surface area contributed by atoms with Crippen LogP contribution in [-0.4, -0.2) is 48.4 Å². The fourth-order valence-electron chi connectivity index (χ4n) is 2.13. The van der Waals surface area contributed by atoms with Gasteiger partial charge in [-0.05, 0) is 18.9 Å². The lowest BCUT2D eigenvalue weighted by atomic mass is 10.1. The highest BCUT2D eigenvalue weighted by atomic mass is 16.2. The first-order chi connectivity index (χ1) is 8.63. The van der Waals surface area contributed by atoms with E-state index in [1.807, 2.05) is 18.7 Å². The molecule has 0 bridgehead atoms. The van der Waals surface area contributed by atoms with Crippen LogP contribution in [0, 0.1) is 5.92 Å². The van der Waals surface area contributed by atoms with E-state index in [1.54, 1.807) is 0 Å². The third-order valence-electron chi connectivity index (χ3n) is 3.34. The lowest BCUT2D eigenvalue weighted by molar-refractivity contribution is -0.133. The molecule has 0 radical (unpaired) electrons. The summed E-state index contributed by atoms with van der Waals surface area (Å²) in [4.78, 5) is 16.3. The van der Waals surface area contributed by atoms with Gasteiger partial charge in [0.05, 0.1) is 0 Å². The molecule has 0 saturated carbocycles. The molecule has 1 aliphatic rings. The van der Waals surface area contributed by atoms with Gasteiger partial charge < -0.3 is 9.80 Å². The lowest BCUT2D eigenvalue weighted by Crippen LogP contribution is -2.48. The Balaban J connectivity index is 0.00000137. The third kappa shape index (κ3) is 7.00. The predicted octanol–water partition coefficient (Wildman–Crippen LogP) is 3.00. The van der Waals surface area contributed by atoms with Crippen molar-refractivity contribution >= 4 is 5.91 Å². The van der Waals surface area contributed by atoms with Crippen LogP contribution in [0.4, 0.5) is 0 Å². The fourth-order valence-corrected chi connectivity index (χ4v) is 2.13. The number of carbonyl (C=O) groups excluding carboxylic acids is 1. The highest BCUT2D eigenvalue weighted by molar-refractivity contribution is 5.76. The Morgan fingerprint density at radius 2 is 1.67 bits per heavy atom. The van der Waals surface area contributed by atoms with Gasteiger partial charge in [0, 0.05) is 32.6 Å². The summed E-state index contributed by atoms with van der Waals surface area (Å²) in [6, 6.07) is 0. The van der Waals surface area contributed by atoms with Gasteiger partial charge in [0.2, 0.25) is 5.91 Å². The number of piperazine rings is 1. The van der Waals surface area contributed by atoms with Crippen molar-refractivity contribution in [2.45, 2.75) is 53.9 Å². The number of carbonyl (C=O) groups is 1. The molecular formula is C15H32N2O. The molecule has 0 aromatic rings. The molecule has 0 spiro atoms. The summed E-state index contributed by atoms with van der Waals surface area (Å²) < 4.78 is 0. The van der Waals surface area contributed by atoms with E-state index in [0.29, 0.717) is 11.8 Å². The van der Waals surface area contributed by atoms with Crippen molar-refractivity contribution in [1.29, 1.82) is 0 Å². The van der Waals surface area contributed by atoms with E-state index >= 15 is 0 Å². The number of amides is 1. The molecule has 0 unspecified atom stereocenters. The Morgan fingerprint density at radius 3 is 2.11 bits per heavy atom. The van der Waals surface area contributed by atoms with Gasteiger partial charge in [0.25, 0.3) is 0 Å². The molecule has 0 aromatic carbocycles. The van der Waals surface area contributed by atoms with Crippen molar-refractivity contribution in [3.8, 4) is 0 Å². The smallest absolute Gasteiger partial charge is 0.222 e. The van der Waals surface area contributed by atoms with E-state index in [-0.39, 0.29) is 0 Å². The molecule has 3 nitrogen and oxygen atoms in total. The van der Waals surface area contributed by atoms with E-state index in [4.69, 9.17) is 0 Å². The van der Waals surface area contributed by atoms with Gasteiger partial charge in [-0.3, -0.25) is 4.79 Å². The van der Waals surface area contributed by atoms with E-state index in [9.17, 15) is 4.79 Å². The summed E-state index contributed by atoms with van der Waals surface area (Å²) >= 11 is 0. The SMILES string of the molecule is CC.CCN1CCN(C(=O)CCCC(C)C)CC1. The number of rotatable bonds is 5. The molecule has 0 atom stereocenters. The van der Waals surface area contributed by atoms with Crippen molar-refractivity contribution < 1.29 is 4.79 Å². The van der Waals surface area contributed by atoms with Crippen LogP contribution in [0.15, 0.2) is 0 Å². The first kappa shape index (κ1) is 17.4. The maximum atomic E-state index is 11.9. The average Bonchev–Trinajstić information content (AvgIpc) is 2.40. The van der Waals surface area contributed by atoms with E-state index < -0.39 is 0 Å². The molecule has 1 fully saturated rings. The maximum Gasteiger partial charge on any atom is 0.222 e. The largest absolute Gasteiger partial charge is 0.340 e. The van der Waals surface area contributed by atoms with Crippen LogP contribution < -0.4 is 0 Å². The monoisotopic (exact) mass is 256 g/mol. The van der Waals surface area contributed by atoms with Gasteiger partial charge in [-0.15, -0.1) is 0 Å². The normalized spacial score (nSPS) is 16.4. The molecule has 1 heterocycles. The zero-order chi connectivity index (χ0) is 14.0. The van der Waals surface area contributed by atoms with Crippen LogP contribution in [-0.2, 0) is 4.79 Å². The summed E-state index contributed by atoms with van der Waals surface area (Å²) in [7, 11) is 0. The van der Waals surface area contributed by atoms with Crippen molar-refractivity contribution in [3.05, 3.63) is 0 Å². The van der Waals surface area contributed by atoms with Gasteiger partial charge in [0.1, 0.15) is 0 Å². The van der Waals surface area contributed by atoms with Gasteiger partial charge in [0.15, 0.2) is 0 Å². The molecular weight excluding hydrogens is 224 g/mol. The molecule has 1 rings (SSSR count). The molecule has 18 heavy (non-hydrogen) atoms. The van der Waals surface area contributed by atoms with Crippen LogP contribution in [0.5, 0.6) is 0 Å². The molecule has 3 heteroatoms. The summed E-state index contributed by atoms with van der Waals surface area (Å²) in [6.07, 6.45) is 2.95. The number of hydrogen-bond acceptors (Lipinski definition) is 2. The quantitative estimate of drug-likeness (QED) is 0.755. The van der Waals surface area contributed by atoms with Crippen molar-refractivity contribution in [2.24, 2.45) is 5.92 Å². The fraction of sp³-hybridized carbons (Fsp3) is 0.933. The minimum absolute atomic E-state index is 0.358. The first-order valence-electron chi connectivity index (χ1n) is 7.63. The first-order valence-corrected chi connectivity index (χ1v) is 7.63. The Morgan fingerprint density at radius 1 is 1.11 bits per heavy atom. The van der Waals surface area contributed by atoms with Crippen LogP contribution in [0.1, 0.15) is 53.9 Å². The molecule has 0 N–H and O–H groups in total. The second kappa shape index (κ2) is 10.4. The Kier molecular flexibility index (Phi) is 10.0. The van der Waals surface area contributed by atoms with E-state index in [1.165, 1.54) is 6.42 Å². The minimum atomic E-state index is 0.358. The van der Waals surface area contributed by atoms with E-state index in [2.05, 4.69) is 25.7 Å². The summed E-state index contributed by atoms with van der Waals surface area (Å²) in [5.41, 5.74) is 0. The van der Waals surface area contributed by atoms with Crippen molar-refractivity contribution in [2.75, 3.05) is 32.7 Å². The van der Waals surface area contributed by atoms with Crippen LogP contribution >= 0.6 is 0 Å². The van der Waals surface area contributed by atoms with Gasteiger partial charge >= 0.3 is 0 Å². The van der Waals surface area contributed by atoms with Crippen molar-refractivity contribution in [3.63, 3.8) is 0 Å². The lowest BCUT2D eigenvalue weighted by Gasteiger charge is -2.34. The second-order valence-electron chi connectivity index (χ2n) is 5.10. The Bertz CT molecular complexity index is 209. The average molecular weight is 256 g/mol. The minimum Gasteiger partial charge on any atom is -0.340 e. The topological polar surface area (TPSA) is 23.6 Å². The predicted molar refractivity (Wildman–Crippen MR) is 78.7 cm³/mol. The summed E-state index contributed by atoms with van der Waals surface area (Å²) in [5, 5.41) is 0. The van der Waals surface area contributed by atoms with Crippen LogP contribution in [0.25, 0.3) is 0 Å². The number of nitrogens with zero attached hydrogens (tertiary/aromatic N) is 2. The Hall–Kier alpha value is -0.570. The van der Waals surface area contributed by atoms with Gasteiger partial charge in [-0.1, -0.05) is 41.0 Å². The molecule has 1 saturated heterocycles. The van der Waals surface area contributed by atoms with Crippen molar-refractivity contribution in [1.82, 2.24) is 9.80 Å². The standard InChI is InChI=1S/C13H26N2O.C2H6/c1-4-14-8-10-15(11-9-14)13(16)7-5-6-12(2)3;1-2/h12H,4-11H2,1-3H3;1-2H3. The zero-order valence-electron chi connectivity index (χ0n) is 13.0. The summed E-state index contributed by atoms with van der Waals surface area (Å²) in [6.45, 7) is 15.7. The Labute approximate surface area is 114 Å². The zero-order valence-corrected chi connectivity index (χ0v) is 13.0. The molecule has 0 aliphatic carbocycles. The highest BCUT2D eigenvalue weighted by Crippen LogP contribution is 2.09. The van der Waals surface area contributed by atoms with Gasteiger partial charge in [-0.2, -0.15) is 0 Å². The third-order valence-corrected chi connectivity index (χ3v) is 3.34. The van der Waals surface area contributed by atoms with E-state index in [0.717, 1.165) is 45.6 Å². The molecule has 1 aliphatic heterocycles.